The SMILES string of the molecule is CN(Cc1nc(-c2cccnc2)no1)c1cccc(C#N)n1. The molecule has 7 nitrogen and oxygen atoms in total. The van der Waals surface area contributed by atoms with Gasteiger partial charge in [0.2, 0.25) is 11.7 Å². The maximum absolute atomic E-state index is 8.89. The zero-order chi connectivity index (χ0) is 15.4. The monoisotopic (exact) mass is 292 g/mol. The van der Waals surface area contributed by atoms with Crippen molar-refractivity contribution < 1.29 is 4.52 Å². The van der Waals surface area contributed by atoms with Gasteiger partial charge in [0.15, 0.2) is 0 Å². The van der Waals surface area contributed by atoms with Gasteiger partial charge in [-0.25, -0.2) is 4.98 Å². The van der Waals surface area contributed by atoms with Crippen molar-refractivity contribution in [2.45, 2.75) is 6.54 Å². The summed E-state index contributed by atoms with van der Waals surface area (Å²) in [7, 11) is 1.84. The lowest BCUT2D eigenvalue weighted by Crippen LogP contribution is -2.18. The van der Waals surface area contributed by atoms with Crippen LogP contribution in [0.25, 0.3) is 11.4 Å². The van der Waals surface area contributed by atoms with Gasteiger partial charge in [-0.3, -0.25) is 4.98 Å². The van der Waals surface area contributed by atoms with Crippen molar-refractivity contribution in [2.75, 3.05) is 11.9 Å². The van der Waals surface area contributed by atoms with Gasteiger partial charge in [-0.15, -0.1) is 0 Å². The highest BCUT2D eigenvalue weighted by Crippen LogP contribution is 2.16. The van der Waals surface area contributed by atoms with Crippen molar-refractivity contribution >= 4 is 5.82 Å². The van der Waals surface area contributed by atoms with Crippen LogP contribution in [0.15, 0.2) is 47.2 Å². The molecule has 22 heavy (non-hydrogen) atoms. The van der Waals surface area contributed by atoms with Gasteiger partial charge < -0.3 is 9.42 Å². The van der Waals surface area contributed by atoms with Gasteiger partial charge in [0.1, 0.15) is 17.6 Å². The number of hydrogen-bond acceptors (Lipinski definition) is 7. The molecule has 3 heterocycles. The Labute approximate surface area is 126 Å². The lowest BCUT2D eigenvalue weighted by atomic mass is 10.3. The van der Waals surface area contributed by atoms with Gasteiger partial charge in [-0.05, 0) is 24.3 Å². The Bertz CT molecular complexity index is 808. The first kappa shape index (κ1) is 13.7. The highest BCUT2D eigenvalue weighted by atomic mass is 16.5. The largest absolute Gasteiger partial charge is 0.350 e. The van der Waals surface area contributed by atoms with E-state index in [1.54, 1.807) is 24.5 Å². The highest BCUT2D eigenvalue weighted by Gasteiger charge is 2.12. The maximum Gasteiger partial charge on any atom is 0.246 e. The highest BCUT2D eigenvalue weighted by molar-refractivity contribution is 5.52. The quantitative estimate of drug-likeness (QED) is 0.726. The van der Waals surface area contributed by atoms with Crippen LogP contribution in [0.3, 0.4) is 0 Å². The molecule has 0 aliphatic heterocycles. The average molecular weight is 292 g/mol. The minimum atomic E-state index is 0.367. The first-order chi connectivity index (χ1) is 10.8. The molecule has 0 fully saturated rings. The smallest absolute Gasteiger partial charge is 0.246 e. The molecule has 0 saturated heterocycles. The van der Waals surface area contributed by atoms with Crippen molar-refractivity contribution in [2.24, 2.45) is 0 Å². The molecule has 0 bridgehead atoms. The number of anilines is 1. The van der Waals surface area contributed by atoms with Gasteiger partial charge >= 0.3 is 0 Å². The zero-order valence-corrected chi connectivity index (χ0v) is 11.8. The van der Waals surface area contributed by atoms with E-state index in [-0.39, 0.29) is 0 Å². The summed E-state index contributed by atoms with van der Waals surface area (Å²) in [6, 6.07) is 11.0. The van der Waals surface area contributed by atoms with Gasteiger partial charge in [0.05, 0.1) is 6.54 Å². The fourth-order valence-electron chi connectivity index (χ4n) is 1.91. The fourth-order valence-corrected chi connectivity index (χ4v) is 1.91. The predicted molar refractivity (Wildman–Crippen MR) is 78.6 cm³/mol. The molecule has 108 valence electrons. The van der Waals surface area contributed by atoms with Crippen LogP contribution in [0.2, 0.25) is 0 Å². The molecule has 0 unspecified atom stereocenters. The summed E-state index contributed by atoms with van der Waals surface area (Å²) >= 11 is 0. The summed E-state index contributed by atoms with van der Waals surface area (Å²) in [5.41, 5.74) is 1.16. The molecule has 7 heteroatoms. The Morgan fingerprint density at radius 1 is 1.23 bits per heavy atom. The second-order valence-corrected chi connectivity index (χ2v) is 4.60. The van der Waals surface area contributed by atoms with E-state index < -0.39 is 0 Å². The molecule has 0 amide bonds. The van der Waals surface area contributed by atoms with Crippen LogP contribution >= 0.6 is 0 Å². The van der Waals surface area contributed by atoms with E-state index in [0.29, 0.717) is 29.8 Å². The van der Waals surface area contributed by atoms with Crippen LogP contribution in [0.4, 0.5) is 5.82 Å². The molecule has 0 aromatic carbocycles. The number of hydrogen-bond donors (Lipinski definition) is 0. The summed E-state index contributed by atoms with van der Waals surface area (Å²) in [6.07, 6.45) is 3.36. The molecular weight excluding hydrogens is 280 g/mol. The third kappa shape index (κ3) is 2.91. The predicted octanol–water partition coefficient (Wildman–Crippen LogP) is 2.03. The maximum atomic E-state index is 8.89. The van der Waals surface area contributed by atoms with Crippen molar-refractivity contribution in [1.29, 1.82) is 5.26 Å². The molecule has 0 saturated carbocycles. The standard InChI is InChI=1S/C15H12N6O/c1-21(13-6-2-5-12(8-16)18-13)10-14-19-15(20-22-14)11-4-3-7-17-9-11/h2-7,9H,10H2,1H3. The lowest BCUT2D eigenvalue weighted by molar-refractivity contribution is 0.378. The molecule has 0 spiro atoms. The van der Waals surface area contributed by atoms with Crippen LogP contribution < -0.4 is 4.90 Å². The van der Waals surface area contributed by atoms with Crippen molar-refractivity contribution in [1.82, 2.24) is 20.1 Å². The molecule has 3 aromatic heterocycles. The van der Waals surface area contributed by atoms with Crippen molar-refractivity contribution in [3.8, 4) is 17.5 Å². The zero-order valence-electron chi connectivity index (χ0n) is 11.8. The van der Waals surface area contributed by atoms with Crippen molar-refractivity contribution in [3.63, 3.8) is 0 Å². The number of aromatic nitrogens is 4. The van der Waals surface area contributed by atoms with Gasteiger partial charge in [0.25, 0.3) is 0 Å². The Balaban J connectivity index is 1.76. The van der Waals surface area contributed by atoms with Crippen LogP contribution in [-0.4, -0.2) is 27.2 Å². The van der Waals surface area contributed by atoms with E-state index in [9.17, 15) is 0 Å². The molecule has 0 N–H and O–H groups in total. The lowest BCUT2D eigenvalue weighted by Gasteiger charge is -2.15. The van der Waals surface area contributed by atoms with E-state index in [1.807, 2.05) is 36.2 Å². The molecule has 3 rings (SSSR count). The number of nitriles is 1. The third-order valence-corrected chi connectivity index (χ3v) is 3.00. The Morgan fingerprint density at radius 2 is 2.14 bits per heavy atom. The third-order valence-electron chi connectivity index (χ3n) is 3.00. The fraction of sp³-hybridized carbons (Fsp3) is 0.133. The van der Waals surface area contributed by atoms with E-state index >= 15 is 0 Å². The molecular formula is C15H12N6O. The number of pyridine rings is 2. The first-order valence-corrected chi connectivity index (χ1v) is 6.57. The molecule has 0 atom stereocenters. The second-order valence-electron chi connectivity index (χ2n) is 4.60. The molecule has 0 aliphatic carbocycles. The van der Waals surface area contributed by atoms with Crippen LogP contribution in [0.1, 0.15) is 11.6 Å². The first-order valence-electron chi connectivity index (χ1n) is 6.57. The summed E-state index contributed by atoms with van der Waals surface area (Å²) in [5.74, 6) is 1.63. The van der Waals surface area contributed by atoms with Gasteiger partial charge in [0, 0.05) is 25.0 Å². The normalized spacial score (nSPS) is 10.2. The number of nitrogens with zero attached hydrogens (tertiary/aromatic N) is 6. The molecule has 0 radical (unpaired) electrons. The van der Waals surface area contributed by atoms with Gasteiger partial charge in [-0.1, -0.05) is 11.2 Å². The van der Waals surface area contributed by atoms with Crippen LogP contribution in [0.5, 0.6) is 0 Å². The summed E-state index contributed by atoms with van der Waals surface area (Å²) in [6.45, 7) is 0.398. The minimum Gasteiger partial charge on any atom is -0.350 e. The Kier molecular flexibility index (Phi) is 3.74. The number of rotatable bonds is 4. The second kappa shape index (κ2) is 6.01. The minimum absolute atomic E-state index is 0.367. The summed E-state index contributed by atoms with van der Waals surface area (Å²) < 4.78 is 5.24. The van der Waals surface area contributed by atoms with Gasteiger partial charge in [-0.2, -0.15) is 10.2 Å². The summed E-state index contributed by atoms with van der Waals surface area (Å²) in [4.78, 5) is 14.4. The average Bonchev–Trinajstić information content (AvgIpc) is 3.04. The van der Waals surface area contributed by atoms with Crippen molar-refractivity contribution in [3.05, 3.63) is 54.3 Å². The Morgan fingerprint density at radius 3 is 2.91 bits per heavy atom. The topological polar surface area (TPSA) is 91.7 Å². The van der Waals surface area contributed by atoms with E-state index in [1.165, 1.54) is 0 Å². The van der Waals surface area contributed by atoms with E-state index in [4.69, 9.17) is 9.78 Å². The van der Waals surface area contributed by atoms with E-state index in [2.05, 4.69) is 20.1 Å². The van der Waals surface area contributed by atoms with E-state index in [0.717, 1.165) is 5.56 Å². The molecule has 3 aromatic rings. The van der Waals surface area contributed by atoms with Crippen LogP contribution in [0, 0.1) is 11.3 Å². The van der Waals surface area contributed by atoms with Crippen LogP contribution in [-0.2, 0) is 6.54 Å². The summed E-state index contributed by atoms with van der Waals surface area (Å²) in [5, 5.41) is 12.8. The Hall–Kier alpha value is -3.27. The molecule has 0 aliphatic rings.